The molecule has 4 heteroatoms. The largest absolute Gasteiger partial charge is 0.380 e. The highest BCUT2D eigenvalue weighted by Gasteiger charge is 2.20. The molecule has 3 nitrogen and oxygen atoms in total. The van der Waals surface area contributed by atoms with Crippen LogP contribution in [0.25, 0.3) is 11.1 Å². The van der Waals surface area contributed by atoms with Crippen LogP contribution in [0, 0.1) is 0 Å². The van der Waals surface area contributed by atoms with Crippen LogP contribution in [0.1, 0.15) is 39.1 Å². The van der Waals surface area contributed by atoms with E-state index < -0.39 is 5.97 Å². The highest BCUT2D eigenvalue weighted by Crippen LogP contribution is 2.29. The Kier molecular flexibility index (Phi) is 3.52. The van der Waals surface area contributed by atoms with Gasteiger partial charge in [-0.25, -0.2) is 9.74 Å². The van der Waals surface area contributed by atoms with Gasteiger partial charge in [-0.15, -0.1) is 0 Å². The normalized spacial score (nSPS) is 13.7. The summed E-state index contributed by atoms with van der Waals surface area (Å²) >= 11 is 0. The van der Waals surface area contributed by atoms with E-state index in [0.717, 1.165) is 18.4 Å². The van der Waals surface area contributed by atoms with Crippen LogP contribution in [0.3, 0.4) is 0 Å². The van der Waals surface area contributed by atoms with E-state index in [2.05, 4.69) is 4.94 Å². The second kappa shape index (κ2) is 5.48. The second-order valence-corrected chi connectivity index (χ2v) is 5.06. The first-order valence-electron chi connectivity index (χ1n) is 6.79. The lowest BCUT2D eigenvalue weighted by Crippen LogP contribution is -2.11. The maximum absolute atomic E-state index is 12.2. The lowest BCUT2D eigenvalue weighted by atomic mass is 9.87. The highest BCUT2D eigenvalue weighted by molar-refractivity contribution is 6.01. The van der Waals surface area contributed by atoms with Crippen LogP contribution in [-0.4, -0.2) is 11.8 Å². The third-order valence-corrected chi connectivity index (χ3v) is 3.79. The molecule has 0 spiro atoms. The van der Waals surface area contributed by atoms with Gasteiger partial charge in [0.15, 0.2) is 5.78 Å². The molecular formula is C17H13FO3. The van der Waals surface area contributed by atoms with Crippen molar-refractivity contribution in [1.82, 2.24) is 0 Å². The van der Waals surface area contributed by atoms with Gasteiger partial charge in [-0.1, -0.05) is 30.3 Å². The predicted molar refractivity (Wildman–Crippen MR) is 75.7 cm³/mol. The number of aryl methyl sites for hydroxylation is 1. The molecule has 0 aromatic heterocycles. The molecule has 0 unspecified atom stereocenters. The number of hydrogen-bond donors (Lipinski definition) is 0. The summed E-state index contributed by atoms with van der Waals surface area (Å²) in [6.07, 6.45) is 2.30. The van der Waals surface area contributed by atoms with E-state index in [9.17, 15) is 14.1 Å². The number of carbonyl (C=O) groups excluding carboxylic acids is 2. The number of halogens is 1. The number of carbonyl (C=O) groups is 2. The minimum atomic E-state index is -1.03. The first-order chi connectivity index (χ1) is 10.2. The summed E-state index contributed by atoms with van der Waals surface area (Å²) in [5, 5.41) is 0. The molecule has 2 aromatic rings. The zero-order valence-electron chi connectivity index (χ0n) is 11.3. The Balaban J connectivity index is 2.12. The van der Waals surface area contributed by atoms with Crippen molar-refractivity contribution < 1.29 is 19.1 Å². The van der Waals surface area contributed by atoms with Crippen molar-refractivity contribution >= 4 is 11.8 Å². The summed E-state index contributed by atoms with van der Waals surface area (Å²) in [6.45, 7) is 0. The molecule has 0 saturated heterocycles. The van der Waals surface area contributed by atoms with Gasteiger partial charge in [0.2, 0.25) is 0 Å². The fraction of sp³-hybridized carbons (Fsp3) is 0.176. The SMILES string of the molecule is O=C1CCCc2ccc(-c3ccccc3C(=O)OF)cc21. The van der Waals surface area contributed by atoms with Crippen molar-refractivity contribution in [2.24, 2.45) is 0 Å². The number of ketones is 1. The average molecular weight is 284 g/mol. The van der Waals surface area contributed by atoms with Gasteiger partial charge in [0.25, 0.3) is 0 Å². The molecule has 21 heavy (non-hydrogen) atoms. The van der Waals surface area contributed by atoms with Gasteiger partial charge in [0, 0.05) is 16.5 Å². The second-order valence-electron chi connectivity index (χ2n) is 5.06. The van der Waals surface area contributed by atoms with Gasteiger partial charge in [-0.05, 0) is 41.7 Å². The summed E-state index contributed by atoms with van der Waals surface area (Å²) in [5.74, 6) is -0.918. The third-order valence-electron chi connectivity index (χ3n) is 3.79. The topological polar surface area (TPSA) is 43.4 Å². The maximum Gasteiger partial charge on any atom is 0.380 e. The van der Waals surface area contributed by atoms with Crippen molar-refractivity contribution in [3.8, 4) is 11.1 Å². The number of rotatable bonds is 2. The molecule has 0 N–H and O–H groups in total. The van der Waals surface area contributed by atoms with Crippen molar-refractivity contribution in [3.05, 3.63) is 59.2 Å². The smallest absolute Gasteiger partial charge is 0.294 e. The summed E-state index contributed by atoms with van der Waals surface area (Å²) in [5.41, 5.74) is 3.14. The van der Waals surface area contributed by atoms with Gasteiger partial charge < -0.3 is 0 Å². The van der Waals surface area contributed by atoms with Crippen molar-refractivity contribution in [3.63, 3.8) is 0 Å². The number of hydrogen-bond acceptors (Lipinski definition) is 3. The third kappa shape index (κ3) is 2.44. The van der Waals surface area contributed by atoms with E-state index in [1.165, 1.54) is 6.07 Å². The quantitative estimate of drug-likeness (QED) is 0.839. The Morgan fingerprint density at radius 3 is 2.67 bits per heavy atom. The number of fused-ring (bicyclic) bond motifs is 1. The fourth-order valence-corrected chi connectivity index (χ4v) is 2.75. The molecule has 2 aromatic carbocycles. The molecule has 0 saturated carbocycles. The standard InChI is InChI=1S/C17H13FO3/c18-21-17(20)14-6-2-1-5-13(14)12-9-8-11-4-3-7-16(19)15(11)10-12/h1-2,5-6,8-10H,3-4,7H2. The van der Waals surface area contributed by atoms with Crippen LogP contribution in [0.2, 0.25) is 0 Å². The van der Waals surface area contributed by atoms with E-state index >= 15 is 0 Å². The molecule has 0 amide bonds. The summed E-state index contributed by atoms with van der Waals surface area (Å²) in [4.78, 5) is 26.8. The minimum Gasteiger partial charge on any atom is -0.294 e. The van der Waals surface area contributed by atoms with Gasteiger partial charge in [-0.3, -0.25) is 4.79 Å². The zero-order valence-corrected chi connectivity index (χ0v) is 11.3. The van der Waals surface area contributed by atoms with Crippen molar-refractivity contribution in [1.29, 1.82) is 0 Å². The van der Waals surface area contributed by atoms with E-state index in [-0.39, 0.29) is 11.3 Å². The van der Waals surface area contributed by atoms with Crippen LogP contribution in [-0.2, 0) is 11.4 Å². The summed E-state index contributed by atoms with van der Waals surface area (Å²) in [7, 11) is 0. The Morgan fingerprint density at radius 2 is 1.86 bits per heavy atom. The van der Waals surface area contributed by atoms with Gasteiger partial charge in [0.05, 0.1) is 5.56 Å². The summed E-state index contributed by atoms with van der Waals surface area (Å²) in [6, 6.07) is 12.1. The number of Topliss-reactive ketones (excluding diaryl/α,β-unsaturated/α-hetero) is 1. The lowest BCUT2D eigenvalue weighted by Gasteiger charge is -2.16. The first-order valence-corrected chi connectivity index (χ1v) is 6.79. The molecule has 0 fully saturated rings. The molecule has 0 heterocycles. The highest BCUT2D eigenvalue weighted by atomic mass is 19.3. The van der Waals surface area contributed by atoms with Crippen LogP contribution in [0.4, 0.5) is 4.53 Å². The molecule has 0 bridgehead atoms. The van der Waals surface area contributed by atoms with Gasteiger partial charge >= 0.3 is 5.97 Å². The number of benzene rings is 2. The van der Waals surface area contributed by atoms with Crippen LogP contribution in [0.5, 0.6) is 0 Å². The fourth-order valence-electron chi connectivity index (χ4n) is 2.75. The Morgan fingerprint density at radius 1 is 1.05 bits per heavy atom. The van der Waals surface area contributed by atoms with Crippen LogP contribution < -0.4 is 0 Å². The van der Waals surface area contributed by atoms with Crippen LogP contribution >= 0.6 is 0 Å². The molecule has 1 aliphatic carbocycles. The molecule has 0 radical (unpaired) electrons. The molecule has 0 aliphatic heterocycles. The van der Waals surface area contributed by atoms with Gasteiger partial charge in [-0.2, -0.15) is 0 Å². The Bertz CT molecular complexity index is 722. The lowest BCUT2D eigenvalue weighted by molar-refractivity contribution is -0.0787. The Hall–Kier alpha value is -2.49. The van der Waals surface area contributed by atoms with E-state index in [1.54, 1.807) is 24.3 Å². The van der Waals surface area contributed by atoms with E-state index in [4.69, 9.17) is 0 Å². The molecule has 3 rings (SSSR count). The summed E-state index contributed by atoms with van der Waals surface area (Å²) < 4.78 is 12.2. The van der Waals surface area contributed by atoms with Crippen molar-refractivity contribution in [2.75, 3.05) is 0 Å². The van der Waals surface area contributed by atoms with Crippen molar-refractivity contribution in [2.45, 2.75) is 19.3 Å². The van der Waals surface area contributed by atoms with Gasteiger partial charge in [0.1, 0.15) is 0 Å². The minimum absolute atomic E-state index is 0.114. The average Bonchev–Trinajstić information content (AvgIpc) is 2.54. The molecular weight excluding hydrogens is 271 g/mol. The Labute approximate surface area is 121 Å². The maximum atomic E-state index is 12.2. The monoisotopic (exact) mass is 284 g/mol. The first kappa shape index (κ1) is 13.5. The zero-order chi connectivity index (χ0) is 14.8. The molecule has 0 atom stereocenters. The molecule has 1 aliphatic rings. The van der Waals surface area contributed by atoms with E-state index in [1.807, 2.05) is 12.1 Å². The van der Waals surface area contributed by atoms with E-state index in [0.29, 0.717) is 23.1 Å². The van der Waals surface area contributed by atoms with Crippen LogP contribution in [0.15, 0.2) is 42.5 Å². The predicted octanol–water partition coefficient (Wildman–Crippen LogP) is 3.91. The molecule has 106 valence electrons.